The van der Waals surface area contributed by atoms with Crippen LogP contribution < -0.4 is 4.74 Å². The number of rotatable bonds is 5. The van der Waals surface area contributed by atoms with Gasteiger partial charge >= 0.3 is 0 Å². The maximum atomic E-state index is 12.2. The molecule has 1 atom stereocenters. The molecule has 1 fully saturated rings. The second-order valence-electron chi connectivity index (χ2n) is 5.10. The summed E-state index contributed by atoms with van der Waals surface area (Å²) < 4.78 is 5.28. The van der Waals surface area contributed by atoms with Crippen molar-refractivity contribution in [1.82, 2.24) is 9.88 Å². The van der Waals surface area contributed by atoms with Crippen molar-refractivity contribution in [3.8, 4) is 5.75 Å². The molecule has 1 unspecified atom stereocenters. The lowest BCUT2D eigenvalue weighted by Crippen LogP contribution is -2.30. The Morgan fingerprint density at radius 2 is 2.23 bits per heavy atom. The highest BCUT2D eigenvalue weighted by Gasteiger charge is 2.32. The van der Waals surface area contributed by atoms with Gasteiger partial charge in [0.05, 0.1) is 12.9 Å². The van der Waals surface area contributed by atoms with E-state index in [1.54, 1.807) is 25.1 Å². The number of methoxy groups -OCH3 is 1. The fourth-order valence-corrected chi connectivity index (χ4v) is 3.76. The second-order valence-corrected chi connectivity index (χ2v) is 6.17. The molecule has 0 spiro atoms. The Kier molecular flexibility index (Phi) is 4.63. The molecule has 1 aliphatic heterocycles. The maximum Gasteiger partial charge on any atom is 0.233 e. The van der Waals surface area contributed by atoms with Crippen LogP contribution in [0.1, 0.15) is 16.6 Å². The van der Waals surface area contributed by atoms with Gasteiger partial charge in [-0.3, -0.25) is 9.78 Å². The van der Waals surface area contributed by atoms with E-state index in [0.717, 1.165) is 23.4 Å². The van der Waals surface area contributed by atoms with Crippen LogP contribution in [0, 0.1) is 0 Å². The average molecular weight is 314 g/mol. The van der Waals surface area contributed by atoms with Gasteiger partial charge in [-0.2, -0.15) is 0 Å². The molecule has 5 heteroatoms. The van der Waals surface area contributed by atoms with Gasteiger partial charge in [0.1, 0.15) is 11.1 Å². The van der Waals surface area contributed by atoms with Gasteiger partial charge in [0.15, 0.2) is 0 Å². The van der Waals surface area contributed by atoms with Gasteiger partial charge in [-0.25, -0.2) is 0 Å². The number of aromatic nitrogens is 1. The van der Waals surface area contributed by atoms with Crippen molar-refractivity contribution in [2.75, 3.05) is 19.4 Å². The van der Waals surface area contributed by atoms with Gasteiger partial charge in [0.25, 0.3) is 0 Å². The SMILES string of the molecule is COc1cccc(C2SCC(=O)N2CCc2ccccn2)c1. The summed E-state index contributed by atoms with van der Waals surface area (Å²) in [6.07, 6.45) is 2.56. The Hall–Kier alpha value is -2.01. The molecule has 1 amide bonds. The highest BCUT2D eigenvalue weighted by atomic mass is 32.2. The molecule has 1 aromatic heterocycles. The van der Waals surface area contributed by atoms with Crippen molar-refractivity contribution in [2.45, 2.75) is 11.8 Å². The van der Waals surface area contributed by atoms with Crippen LogP contribution in [0.5, 0.6) is 5.75 Å². The number of pyridine rings is 1. The van der Waals surface area contributed by atoms with E-state index in [9.17, 15) is 4.79 Å². The number of amides is 1. The molecular weight excluding hydrogens is 296 g/mol. The summed E-state index contributed by atoms with van der Waals surface area (Å²) in [5, 5.41) is 0.0614. The third-order valence-corrected chi connectivity index (χ3v) is 4.94. The summed E-state index contributed by atoms with van der Waals surface area (Å²) in [7, 11) is 1.66. The van der Waals surface area contributed by atoms with Gasteiger partial charge in [0.2, 0.25) is 5.91 Å². The molecular formula is C17H18N2O2S. The van der Waals surface area contributed by atoms with E-state index in [-0.39, 0.29) is 11.3 Å². The molecule has 0 radical (unpaired) electrons. The quantitative estimate of drug-likeness (QED) is 0.851. The number of nitrogens with zero attached hydrogens (tertiary/aromatic N) is 2. The van der Waals surface area contributed by atoms with Crippen LogP contribution in [0.3, 0.4) is 0 Å². The predicted octanol–water partition coefficient (Wildman–Crippen LogP) is 2.91. The fraction of sp³-hybridized carbons (Fsp3) is 0.294. The highest BCUT2D eigenvalue weighted by Crippen LogP contribution is 2.39. The molecule has 114 valence electrons. The zero-order valence-corrected chi connectivity index (χ0v) is 13.3. The predicted molar refractivity (Wildman–Crippen MR) is 87.8 cm³/mol. The van der Waals surface area contributed by atoms with E-state index in [1.165, 1.54) is 0 Å². The highest BCUT2D eigenvalue weighted by molar-refractivity contribution is 8.00. The van der Waals surface area contributed by atoms with Crippen LogP contribution in [-0.4, -0.2) is 35.2 Å². The maximum absolute atomic E-state index is 12.2. The van der Waals surface area contributed by atoms with Gasteiger partial charge in [-0.15, -0.1) is 11.8 Å². The molecule has 0 aliphatic carbocycles. The first-order chi connectivity index (χ1) is 10.8. The Balaban J connectivity index is 1.74. The monoisotopic (exact) mass is 314 g/mol. The molecule has 0 bridgehead atoms. The average Bonchev–Trinajstić information content (AvgIpc) is 2.95. The lowest BCUT2D eigenvalue weighted by atomic mass is 10.2. The summed E-state index contributed by atoms with van der Waals surface area (Å²) in [5.41, 5.74) is 2.12. The number of carbonyl (C=O) groups excluding carboxylic acids is 1. The summed E-state index contributed by atoms with van der Waals surface area (Å²) in [5.74, 6) is 1.54. The van der Waals surface area contributed by atoms with E-state index in [2.05, 4.69) is 4.98 Å². The van der Waals surface area contributed by atoms with Crippen LogP contribution in [-0.2, 0) is 11.2 Å². The van der Waals surface area contributed by atoms with Crippen molar-refractivity contribution in [3.63, 3.8) is 0 Å². The van der Waals surface area contributed by atoms with Crippen LogP contribution in [0.15, 0.2) is 48.7 Å². The molecule has 2 aromatic rings. The topological polar surface area (TPSA) is 42.4 Å². The number of carbonyl (C=O) groups is 1. The number of thioether (sulfide) groups is 1. The summed E-state index contributed by atoms with van der Waals surface area (Å²) in [6.45, 7) is 0.685. The third kappa shape index (κ3) is 3.25. The van der Waals surface area contributed by atoms with E-state index < -0.39 is 0 Å². The summed E-state index contributed by atoms with van der Waals surface area (Å²) in [6, 6.07) is 13.8. The van der Waals surface area contributed by atoms with Crippen molar-refractivity contribution in [3.05, 3.63) is 59.9 Å². The van der Waals surface area contributed by atoms with Crippen LogP contribution >= 0.6 is 11.8 Å². The number of hydrogen-bond donors (Lipinski definition) is 0. The van der Waals surface area contributed by atoms with Crippen molar-refractivity contribution in [2.24, 2.45) is 0 Å². The minimum Gasteiger partial charge on any atom is -0.497 e. The Labute approximate surface area is 134 Å². The first-order valence-corrected chi connectivity index (χ1v) is 8.28. The lowest BCUT2D eigenvalue weighted by molar-refractivity contribution is -0.128. The summed E-state index contributed by atoms with van der Waals surface area (Å²) >= 11 is 1.67. The molecule has 3 rings (SSSR count). The van der Waals surface area contributed by atoms with Gasteiger partial charge in [0, 0.05) is 24.9 Å². The molecule has 1 aliphatic rings. The first-order valence-electron chi connectivity index (χ1n) is 7.23. The van der Waals surface area contributed by atoms with E-state index in [4.69, 9.17) is 4.74 Å². The normalized spacial score (nSPS) is 17.8. The smallest absolute Gasteiger partial charge is 0.233 e. The van der Waals surface area contributed by atoms with Crippen LogP contribution in [0.2, 0.25) is 0 Å². The molecule has 4 nitrogen and oxygen atoms in total. The largest absolute Gasteiger partial charge is 0.497 e. The lowest BCUT2D eigenvalue weighted by Gasteiger charge is -2.24. The molecule has 0 saturated carbocycles. The number of hydrogen-bond acceptors (Lipinski definition) is 4. The Morgan fingerprint density at radius 1 is 1.32 bits per heavy atom. The Bertz CT molecular complexity index is 648. The van der Waals surface area contributed by atoms with Gasteiger partial charge in [-0.05, 0) is 29.8 Å². The molecule has 2 heterocycles. The molecule has 0 N–H and O–H groups in total. The standard InChI is InChI=1S/C17H18N2O2S/c1-21-15-7-4-5-13(11-15)17-19(16(20)12-22-17)10-8-14-6-2-3-9-18-14/h2-7,9,11,17H,8,10,12H2,1H3. The third-order valence-electron chi connectivity index (χ3n) is 3.68. The minimum atomic E-state index is 0.0614. The van der Waals surface area contributed by atoms with E-state index in [0.29, 0.717) is 12.3 Å². The Morgan fingerprint density at radius 3 is 3.00 bits per heavy atom. The second kappa shape index (κ2) is 6.83. The molecule has 1 saturated heterocycles. The van der Waals surface area contributed by atoms with E-state index in [1.807, 2.05) is 47.4 Å². The molecule has 1 aromatic carbocycles. The van der Waals surface area contributed by atoms with Crippen molar-refractivity contribution >= 4 is 17.7 Å². The number of ether oxygens (including phenoxy) is 1. The minimum absolute atomic E-state index is 0.0614. The fourth-order valence-electron chi connectivity index (χ4n) is 2.55. The first kappa shape index (κ1) is 14.9. The van der Waals surface area contributed by atoms with Crippen LogP contribution in [0.4, 0.5) is 0 Å². The summed E-state index contributed by atoms with van der Waals surface area (Å²) in [4.78, 5) is 18.5. The van der Waals surface area contributed by atoms with E-state index >= 15 is 0 Å². The van der Waals surface area contributed by atoms with Gasteiger partial charge < -0.3 is 9.64 Å². The zero-order chi connectivity index (χ0) is 15.4. The zero-order valence-electron chi connectivity index (χ0n) is 12.4. The van der Waals surface area contributed by atoms with Crippen molar-refractivity contribution in [1.29, 1.82) is 0 Å². The number of benzene rings is 1. The molecule has 22 heavy (non-hydrogen) atoms. The van der Waals surface area contributed by atoms with Crippen molar-refractivity contribution < 1.29 is 9.53 Å². The van der Waals surface area contributed by atoms with Gasteiger partial charge in [-0.1, -0.05) is 18.2 Å². The van der Waals surface area contributed by atoms with Crippen LogP contribution in [0.25, 0.3) is 0 Å².